The van der Waals surface area contributed by atoms with Crippen molar-refractivity contribution in [2.24, 2.45) is 7.05 Å². The Morgan fingerprint density at radius 3 is 2.79 bits per heavy atom. The van der Waals surface area contributed by atoms with Gasteiger partial charge in [0.15, 0.2) is 0 Å². The van der Waals surface area contributed by atoms with Gasteiger partial charge in [-0.25, -0.2) is 0 Å². The number of halogens is 2. The summed E-state index contributed by atoms with van der Waals surface area (Å²) in [6.45, 7) is 1.19. The number of hydrogen-bond donors (Lipinski definition) is 0. The monoisotopic (exact) mass is 366 g/mol. The smallest absolute Gasteiger partial charge is 0.263 e. The fourth-order valence-corrected chi connectivity index (χ4v) is 2.99. The van der Waals surface area contributed by atoms with Crippen molar-refractivity contribution in [2.75, 3.05) is 19.7 Å². The number of ether oxygens (including phenoxy) is 1. The van der Waals surface area contributed by atoms with Gasteiger partial charge in [0, 0.05) is 19.8 Å². The predicted molar refractivity (Wildman–Crippen MR) is 92.7 cm³/mol. The van der Waals surface area contributed by atoms with Crippen molar-refractivity contribution in [3.05, 3.63) is 68.1 Å². The van der Waals surface area contributed by atoms with E-state index in [0.29, 0.717) is 29.7 Å². The molecule has 1 aromatic carbocycles. The van der Waals surface area contributed by atoms with E-state index in [2.05, 4.69) is 0 Å². The Labute approximate surface area is 149 Å². The lowest BCUT2D eigenvalue weighted by atomic mass is 10.1. The van der Waals surface area contributed by atoms with E-state index in [4.69, 9.17) is 27.9 Å². The average molecular weight is 367 g/mol. The van der Waals surface area contributed by atoms with Crippen LogP contribution in [0.1, 0.15) is 22.0 Å². The van der Waals surface area contributed by atoms with Crippen LogP contribution in [0.3, 0.4) is 0 Å². The van der Waals surface area contributed by atoms with Crippen LogP contribution in [0.15, 0.2) is 41.3 Å². The maximum Gasteiger partial charge on any atom is 0.263 e. The minimum atomic E-state index is -0.305. The van der Waals surface area contributed by atoms with Crippen LogP contribution >= 0.6 is 23.2 Å². The quantitative estimate of drug-likeness (QED) is 0.820. The van der Waals surface area contributed by atoms with Crippen molar-refractivity contribution in [1.82, 2.24) is 9.47 Å². The van der Waals surface area contributed by atoms with E-state index in [1.807, 2.05) is 6.07 Å². The van der Waals surface area contributed by atoms with E-state index in [1.165, 1.54) is 4.57 Å². The number of pyridine rings is 1. The van der Waals surface area contributed by atoms with E-state index >= 15 is 0 Å². The molecule has 3 rings (SSSR count). The van der Waals surface area contributed by atoms with Gasteiger partial charge in [-0.15, -0.1) is 0 Å². The first-order valence-corrected chi connectivity index (χ1v) is 8.24. The highest BCUT2D eigenvalue weighted by Crippen LogP contribution is 2.29. The molecule has 1 aliphatic rings. The lowest BCUT2D eigenvalue weighted by Gasteiger charge is -2.33. The molecule has 0 unspecified atom stereocenters. The Balaban J connectivity index is 1.82. The third-order valence-corrected chi connectivity index (χ3v) is 4.76. The van der Waals surface area contributed by atoms with E-state index in [9.17, 15) is 9.59 Å². The lowest BCUT2D eigenvalue weighted by molar-refractivity contribution is -0.0228. The molecule has 0 bridgehead atoms. The second-order valence-electron chi connectivity index (χ2n) is 5.62. The molecule has 0 spiro atoms. The first-order valence-electron chi connectivity index (χ1n) is 7.49. The van der Waals surface area contributed by atoms with Gasteiger partial charge in [0.05, 0.1) is 23.2 Å². The Hall–Kier alpha value is -1.82. The topological polar surface area (TPSA) is 51.5 Å². The second kappa shape index (κ2) is 6.97. The van der Waals surface area contributed by atoms with Crippen LogP contribution in [0.5, 0.6) is 0 Å². The third-order valence-electron chi connectivity index (χ3n) is 4.02. The molecule has 1 fully saturated rings. The zero-order valence-corrected chi connectivity index (χ0v) is 14.5. The van der Waals surface area contributed by atoms with Gasteiger partial charge in [0.2, 0.25) is 0 Å². The Kier molecular flexibility index (Phi) is 4.94. The molecule has 0 N–H and O–H groups in total. The number of hydrogen-bond acceptors (Lipinski definition) is 3. The number of aryl methyl sites for hydroxylation is 1. The summed E-state index contributed by atoms with van der Waals surface area (Å²) in [5.74, 6) is -0.287. The Morgan fingerprint density at radius 1 is 1.25 bits per heavy atom. The molecule has 1 saturated heterocycles. The van der Waals surface area contributed by atoms with Crippen molar-refractivity contribution >= 4 is 29.1 Å². The molecular formula is C17H16Cl2N2O3. The van der Waals surface area contributed by atoms with Crippen molar-refractivity contribution < 1.29 is 9.53 Å². The average Bonchev–Trinajstić information content (AvgIpc) is 2.59. The lowest BCUT2D eigenvalue weighted by Crippen LogP contribution is -2.44. The summed E-state index contributed by atoms with van der Waals surface area (Å²) in [6.07, 6.45) is 1.32. The number of rotatable bonds is 2. The minimum Gasteiger partial charge on any atom is -0.370 e. The van der Waals surface area contributed by atoms with Crippen LogP contribution < -0.4 is 5.56 Å². The van der Waals surface area contributed by atoms with Gasteiger partial charge in [-0.05, 0) is 29.8 Å². The molecule has 1 atom stereocenters. The normalized spacial score (nSPS) is 17.8. The fourth-order valence-electron chi connectivity index (χ4n) is 2.68. The van der Waals surface area contributed by atoms with Gasteiger partial charge in [-0.2, -0.15) is 0 Å². The van der Waals surface area contributed by atoms with Gasteiger partial charge in [0.1, 0.15) is 11.7 Å². The van der Waals surface area contributed by atoms with Crippen molar-refractivity contribution in [3.63, 3.8) is 0 Å². The van der Waals surface area contributed by atoms with Crippen LogP contribution in [-0.4, -0.2) is 35.1 Å². The summed E-state index contributed by atoms with van der Waals surface area (Å²) in [4.78, 5) is 26.5. The van der Waals surface area contributed by atoms with Crippen LogP contribution in [0.25, 0.3) is 0 Å². The number of benzene rings is 1. The third kappa shape index (κ3) is 3.34. The molecule has 0 radical (unpaired) electrons. The highest BCUT2D eigenvalue weighted by Gasteiger charge is 2.27. The van der Waals surface area contributed by atoms with Crippen molar-refractivity contribution in [1.29, 1.82) is 0 Å². The number of carbonyl (C=O) groups excluding carboxylic acids is 1. The zero-order chi connectivity index (χ0) is 17.3. The van der Waals surface area contributed by atoms with Gasteiger partial charge < -0.3 is 14.2 Å². The molecule has 24 heavy (non-hydrogen) atoms. The zero-order valence-electron chi connectivity index (χ0n) is 13.0. The maximum atomic E-state index is 12.7. The predicted octanol–water partition coefficient (Wildman–Crippen LogP) is 2.91. The molecule has 7 heteroatoms. The highest BCUT2D eigenvalue weighted by atomic mass is 35.5. The molecule has 5 nitrogen and oxygen atoms in total. The maximum absolute atomic E-state index is 12.7. The summed E-state index contributed by atoms with van der Waals surface area (Å²) in [5.41, 5.74) is 0.706. The summed E-state index contributed by atoms with van der Waals surface area (Å²) in [6, 6.07) is 8.51. The molecule has 126 valence electrons. The summed E-state index contributed by atoms with van der Waals surface area (Å²) in [5, 5.41) is 0.912. The largest absolute Gasteiger partial charge is 0.370 e. The molecule has 0 saturated carbocycles. The molecule has 1 amide bonds. The van der Waals surface area contributed by atoms with Crippen LogP contribution in [0.2, 0.25) is 10.0 Å². The molecule has 0 aliphatic carbocycles. The summed E-state index contributed by atoms with van der Waals surface area (Å²) < 4.78 is 7.14. The van der Waals surface area contributed by atoms with Gasteiger partial charge in [-0.1, -0.05) is 29.3 Å². The van der Waals surface area contributed by atoms with E-state index in [1.54, 1.807) is 42.4 Å². The minimum absolute atomic E-state index is 0.162. The number of morpholine rings is 1. The first-order chi connectivity index (χ1) is 11.5. The van der Waals surface area contributed by atoms with Crippen molar-refractivity contribution in [2.45, 2.75) is 6.10 Å². The molecule has 2 aromatic rings. The highest BCUT2D eigenvalue weighted by molar-refractivity contribution is 6.42. The van der Waals surface area contributed by atoms with Gasteiger partial charge in [0.25, 0.3) is 11.5 Å². The second-order valence-corrected chi connectivity index (χ2v) is 6.44. The number of nitrogens with zero attached hydrogens (tertiary/aromatic N) is 2. The Morgan fingerprint density at radius 2 is 2.04 bits per heavy atom. The standard InChI is InChI=1S/C17H16Cl2N2O3/c1-20-6-2-3-12(16(20)22)17(23)21-7-8-24-15(10-21)11-4-5-13(18)14(19)9-11/h2-6,9,15H,7-8,10H2,1H3/t15-/m0/s1. The van der Waals surface area contributed by atoms with Crippen LogP contribution in [0, 0.1) is 0 Å². The van der Waals surface area contributed by atoms with Crippen molar-refractivity contribution in [3.8, 4) is 0 Å². The number of amides is 1. The van der Waals surface area contributed by atoms with Crippen LogP contribution in [-0.2, 0) is 11.8 Å². The number of aromatic nitrogens is 1. The van der Waals surface area contributed by atoms with E-state index in [0.717, 1.165) is 5.56 Å². The van der Waals surface area contributed by atoms with E-state index in [-0.39, 0.29) is 23.1 Å². The Bertz CT molecular complexity index is 835. The van der Waals surface area contributed by atoms with E-state index < -0.39 is 0 Å². The molecular weight excluding hydrogens is 351 g/mol. The summed E-state index contributed by atoms with van der Waals surface area (Å²) >= 11 is 12.0. The summed E-state index contributed by atoms with van der Waals surface area (Å²) in [7, 11) is 1.62. The first kappa shape index (κ1) is 17.0. The number of carbonyl (C=O) groups is 1. The molecule has 2 heterocycles. The van der Waals surface area contributed by atoms with Crippen LogP contribution in [0.4, 0.5) is 0 Å². The fraction of sp³-hybridized carbons (Fsp3) is 0.294. The van der Waals surface area contributed by atoms with Gasteiger partial charge in [-0.3, -0.25) is 9.59 Å². The molecule has 1 aromatic heterocycles. The SMILES string of the molecule is Cn1cccc(C(=O)N2CCO[C@H](c3ccc(Cl)c(Cl)c3)C2)c1=O. The van der Waals surface area contributed by atoms with Gasteiger partial charge >= 0.3 is 0 Å². The molecule has 1 aliphatic heterocycles.